The van der Waals surface area contributed by atoms with E-state index in [0.29, 0.717) is 17.4 Å². The maximum absolute atomic E-state index is 11.3. The first-order chi connectivity index (χ1) is 11.3. The zero-order chi connectivity index (χ0) is 17.3. The molecule has 0 saturated carbocycles. The predicted molar refractivity (Wildman–Crippen MR) is 91.7 cm³/mol. The summed E-state index contributed by atoms with van der Waals surface area (Å²) in [6.45, 7) is 6.22. The van der Waals surface area contributed by atoms with Gasteiger partial charge in [-0.3, -0.25) is 0 Å². The van der Waals surface area contributed by atoms with Gasteiger partial charge in [0, 0.05) is 24.2 Å². The Morgan fingerprint density at radius 3 is 2.96 bits per heavy atom. The fraction of sp³-hybridized carbons (Fsp3) is 0.333. The molecular formula is C15H17N5O3S. The van der Waals surface area contributed by atoms with Crippen molar-refractivity contribution in [2.75, 3.05) is 5.32 Å². The second kappa shape index (κ2) is 6.08. The molecule has 0 aromatic carbocycles. The molecule has 0 atom stereocenters. The molecule has 0 bridgehead atoms. The van der Waals surface area contributed by atoms with E-state index in [1.165, 1.54) is 15.7 Å². The molecule has 0 spiro atoms. The SMILES string of the molecule is CC(C)(C)Oc1cc(CNc2nc3sccn3c2[N+](=O)[O-])ccn1. The number of thiazole rings is 1. The molecule has 0 aliphatic heterocycles. The molecule has 9 heteroatoms. The molecule has 126 valence electrons. The highest BCUT2D eigenvalue weighted by Crippen LogP contribution is 2.28. The summed E-state index contributed by atoms with van der Waals surface area (Å²) in [7, 11) is 0. The van der Waals surface area contributed by atoms with Crippen LogP contribution in [0.25, 0.3) is 4.96 Å². The van der Waals surface area contributed by atoms with Crippen molar-refractivity contribution >= 4 is 27.9 Å². The highest BCUT2D eigenvalue weighted by Gasteiger charge is 2.23. The fourth-order valence-electron chi connectivity index (χ4n) is 2.18. The number of rotatable bonds is 5. The number of pyridine rings is 1. The second-order valence-corrected chi connectivity index (χ2v) is 7.04. The molecule has 3 heterocycles. The van der Waals surface area contributed by atoms with Crippen molar-refractivity contribution in [2.45, 2.75) is 32.9 Å². The molecule has 0 aliphatic rings. The van der Waals surface area contributed by atoms with Gasteiger partial charge >= 0.3 is 5.82 Å². The van der Waals surface area contributed by atoms with Gasteiger partial charge in [0.2, 0.25) is 11.7 Å². The zero-order valence-electron chi connectivity index (χ0n) is 13.5. The van der Waals surface area contributed by atoms with Crippen molar-refractivity contribution in [1.29, 1.82) is 0 Å². The van der Waals surface area contributed by atoms with Crippen molar-refractivity contribution in [2.24, 2.45) is 0 Å². The van der Waals surface area contributed by atoms with Crippen LogP contribution in [0.4, 0.5) is 11.6 Å². The number of hydrogen-bond donors (Lipinski definition) is 1. The van der Waals surface area contributed by atoms with Gasteiger partial charge in [0.1, 0.15) is 11.8 Å². The van der Waals surface area contributed by atoms with E-state index in [0.717, 1.165) is 5.56 Å². The van der Waals surface area contributed by atoms with Crippen LogP contribution < -0.4 is 10.1 Å². The number of hydrogen-bond acceptors (Lipinski definition) is 7. The van der Waals surface area contributed by atoms with E-state index in [1.807, 2.05) is 32.9 Å². The molecule has 3 rings (SSSR count). The largest absolute Gasteiger partial charge is 0.472 e. The van der Waals surface area contributed by atoms with E-state index in [4.69, 9.17) is 4.74 Å². The average molecular weight is 347 g/mol. The number of nitro groups is 1. The van der Waals surface area contributed by atoms with Crippen LogP contribution in [0.15, 0.2) is 29.9 Å². The van der Waals surface area contributed by atoms with Crippen LogP contribution in [-0.2, 0) is 6.54 Å². The first-order valence-corrected chi connectivity index (χ1v) is 8.19. The van der Waals surface area contributed by atoms with Gasteiger partial charge in [-0.2, -0.15) is 9.38 Å². The maximum atomic E-state index is 11.3. The van der Waals surface area contributed by atoms with Gasteiger partial charge in [0.05, 0.1) is 0 Å². The maximum Gasteiger partial charge on any atom is 0.372 e. The minimum atomic E-state index is -0.435. The third kappa shape index (κ3) is 3.46. The van der Waals surface area contributed by atoms with Gasteiger partial charge in [0.25, 0.3) is 4.96 Å². The molecule has 0 unspecified atom stereocenters. The Morgan fingerprint density at radius 1 is 1.46 bits per heavy atom. The number of nitrogens with zero attached hydrogens (tertiary/aromatic N) is 4. The number of anilines is 1. The van der Waals surface area contributed by atoms with Gasteiger partial charge in [0.15, 0.2) is 0 Å². The monoisotopic (exact) mass is 347 g/mol. The van der Waals surface area contributed by atoms with Crippen LogP contribution in [0.5, 0.6) is 5.88 Å². The van der Waals surface area contributed by atoms with E-state index < -0.39 is 4.92 Å². The molecule has 3 aromatic heterocycles. The summed E-state index contributed by atoms with van der Waals surface area (Å²) in [6, 6.07) is 3.63. The molecule has 0 saturated heterocycles. The van der Waals surface area contributed by atoms with Crippen molar-refractivity contribution in [3.8, 4) is 5.88 Å². The Balaban J connectivity index is 1.79. The van der Waals surface area contributed by atoms with Gasteiger partial charge < -0.3 is 20.2 Å². The third-order valence-corrected chi connectivity index (χ3v) is 3.84. The van der Waals surface area contributed by atoms with Gasteiger partial charge in [-0.1, -0.05) is 11.3 Å². The molecule has 0 amide bonds. The molecule has 0 radical (unpaired) electrons. The number of ether oxygens (including phenoxy) is 1. The third-order valence-electron chi connectivity index (χ3n) is 3.08. The quantitative estimate of drug-likeness (QED) is 0.561. The van der Waals surface area contributed by atoms with E-state index in [-0.39, 0.29) is 17.2 Å². The van der Waals surface area contributed by atoms with Crippen molar-refractivity contribution in [1.82, 2.24) is 14.4 Å². The zero-order valence-corrected chi connectivity index (χ0v) is 14.3. The van der Waals surface area contributed by atoms with Crippen LogP contribution in [0, 0.1) is 10.1 Å². The number of aromatic nitrogens is 3. The topological polar surface area (TPSA) is 94.6 Å². The second-order valence-electron chi connectivity index (χ2n) is 6.17. The summed E-state index contributed by atoms with van der Waals surface area (Å²) in [4.78, 5) is 19.9. The minimum absolute atomic E-state index is 0.0635. The van der Waals surface area contributed by atoms with Crippen LogP contribution in [0.1, 0.15) is 26.3 Å². The number of fused-ring (bicyclic) bond motifs is 1. The summed E-state index contributed by atoms with van der Waals surface area (Å²) in [5, 5.41) is 16.1. The number of nitrogens with one attached hydrogen (secondary N) is 1. The van der Waals surface area contributed by atoms with E-state index in [1.54, 1.807) is 17.8 Å². The van der Waals surface area contributed by atoms with Crippen molar-refractivity contribution in [3.05, 3.63) is 45.6 Å². The summed E-state index contributed by atoms with van der Waals surface area (Å²) in [5.41, 5.74) is 0.557. The molecule has 24 heavy (non-hydrogen) atoms. The fourth-order valence-corrected chi connectivity index (χ4v) is 2.89. The summed E-state index contributed by atoms with van der Waals surface area (Å²) >= 11 is 1.35. The van der Waals surface area contributed by atoms with Crippen LogP contribution in [0.3, 0.4) is 0 Å². The average Bonchev–Trinajstić information content (AvgIpc) is 3.03. The first-order valence-electron chi connectivity index (χ1n) is 7.31. The molecule has 3 aromatic rings. The van der Waals surface area contributed by atoms with Gasteiger partial charge in [-0.15, -0.1) is 0 Å². The lowest BCUT2D eigenvalue weighted by Gasteiger charge is -2.20. The first kappa shape index (κ1) is 16.2. The Hall–Kier alpha value is -2.68. The van der Waals surface area contributed by atoms with Crippen molar-refractivity contribution in [3.63, 3.8) is 0 Å². The highest BCUT2D eigenvalue weighted by molar-refractivity contribution is 7.15. The van der Waals surface area contributed by atoms with Crippen LogP contribution in [0.2, 0.25) is 0 Å². The Bertz CT molecular complexity index is 881. The molecular weight excluding hydrogens is 330 g/mol. The summed E-state index contributed by atoms with van der Waals surface area (Å²) in [6.07, 6.45) is 3.29. The molecule has 0 aliphatic carbocycles. The summed E-state index contributed by atoms with van der Waals surface area (Å²) < 4.78 is 7.19. The molecule has 8 nitrogen and oxygen atoms in total. The molecule has 0 fully saturated rings. The normalized spacial score (nSPS) is 11.6. The Morgan fingerprint density at radius 2 is 2.25 bits per heavy atom. The summed E-state index contributed by atoms with van der Waals surface area (Å²) in [5.74, 6) is 0.704. The van der Waals surface area contributed by atoms with E-state index >= 15 is 0 Å². The standard InChI is InChI=1S/C15H17N5O3S/c1-15(2,3)23-11-8-10(4-5-16-11)9-17-12-13(20(21)22)19-6-7-24-14(19)18-12/h4-8,17H,9H2,1-3H3. The lowest BCUT2D eigenvalue weighted by molar-refractivity contribution is -0.389. The van der Waals surface area contributed by atoms with Crippen molar-refractivity contribution < 1.29 is 9.66 Å². The smallest absolute Gasteiger partial charge is 0.372 e. The lowest BCUT2D eigenvalue weighted by Crippen LogP contribution is -2.23. The lowest BCUT2D eigenvalue weighted by atomic mass is 10.2. The Labute approximate surface area is 142 Å². The van der Waals surface area contributed by atoms with E-state index in [9.17, 15) is 10.1 Å². The van der Waals surface area contributed by atoms with Crippen LogP contribution in [-0.4, -0.2) is 24.9 Å². The Kier molecular flexibility index (Phi) is 4.10. The highest BCUT2D eigenvalue weighted by atomic mass is 32.1. The van der Waals surface area contributed by atoms with Crippen LogP contribution >= 0.6 is 11.3 Å². The minimum Gasteiger partial charge on any atom is -0.472 e. The number of imidazole rings is 1. The van der Waals surface area contributed by atoms with Gasteiger partial charge in [-0.25, -0.2) is 4.98 Å². The van der Waals surface area contributed by atoms with Gasteiger partial charge in [-0.05, 0) is 37.3 Å². The molecule has 1 N–H and O–H groups in total. The predicted octanol–water partition coefficient (Wildman–Crippen LogP) is 3.49. The van der Waals surface area contributed by atoms with E-state index in [2.05, 4.69) is 15.3 Å².